The zero-order valence-corrected chi connectivity index (χ0v) is 10.6. The third-order valence-corrected chi connectivity index (χ3v) is 2.26. The molecule has 0 heterocycles. The van der Waals surface area contributed by atoms with Gasteiger partial charge in [0, 0.05) is 0 Å². The molecule has 0 aromatic heterocycles. The van der Waals surface area contributed by atoms with Crippen LogP contribution in [0, 0.1) is 0 Å². The SMILES string of the molecule is CCOC(=O)COP(B=O)OCC(=O)OCC. The molecule has 0 amide bonds. The first-order chi connectivity index (χ1) is 8.13. The standard InChI is InChI=1S/C8H14BO7P/c1-3-13-7(10)5-15-17(9-12)16-6-8(11)14-4-2/h3-6H2,1-2H3. The van der Waals surface area contributed by atoms with Crippen LogP contribution in [0.5, 0.6) is 0 Å². The summed E-state index contributed by atoms with van der Waals surface area (Å²) in [5, 5.41) is 0. The van der Waals surface area contributed by atoms with Crippen LogP contribution in [-0.4, -0.2) is 45.2 Å². The summed E-state index contributed by atoms with van der Waals surface area (Å²) >= 11 is 0. The summed E-state index contributed by atoms with van der Waals surface area (Å²) in [5.41, 5.74) is 0. The number of hydrogen-bond acceptors (Lipinski definition) is 7. The molecule has 96 valence electrons. The Bertz CT molecular complexity index is 238. The van der Waals surface area contributed by atoms with Crippen molar-refractivity contribution in [3.8, 4) is 0 Å². The van der Waals surface area contributed by atoms with Crippen molar-refractivity contribution in [1.29, 1.82) is 0 Å². The van der Waals surface area contributed by atoms with E-state index in [1.54, 1.807) is 13.8 Å². The van der Waals surface area contributed by atoms with E-state index >= 15 is 0 Å². The number of carbonyl (C=O) groups excluding carboxylic acids is 2. The molecule has 0 aromatic carbocycles. The molecule has 0 spiro atoms. The second-order valence-electron chi connectivity index (χ2n) is 2.55. The van der Waals surface area contributed by atoms with Crippen molar-refractivity contribution < 1.29 is 32.8 Å². The Morgan fingerprint density at radius 2 is 1.41 bits per heavy atom. The monoisotopic (exact) mass is 264 g/mol. The van der Waals surface area contributed by atoms with Crippen LogP contribution in [0.4, 0.5) is 0 Å². The van der Waals surface area contributed by atoms with Crippen molar-refractivity contribution in [3.05, 3.63) is 0 Å². The molecule has 7 nitrogen and oxygen atoms in total. The van der Waals surface area contributed by atoms with E-state index in [1.165, 1.54) is 0 Å². The van der Waals surface area contributed by atoms with Crippen LogP contribution in [0.15, 0.2) is 0 Å². The Labute approximate surface area is 101 Å². The van der Waals surface area contributed by atoms with Gasteiger partial charge >= 0.3 is 100 Å². The summed E-state index contributed by atoms with van der Waals surface area (Å²) < 4.78 is 29.3. The van der Waals surface area contributed by atoms with Crippen LogP contribution < -0.4 is 0 Å². The summed E-state index contributed by atoms with van der Waals surface area (Å²) in [7, 11) is -1.93. The van der Waals surface area contributed by atoms with Crippen LogP contribution in [0.25, 0.3) is 0 Å². The van der Waals surface area contributed by atoms with Gasteiger partial charge in [-0.05, 0) is 0 Å². The number of hydrogen-bond donors (Lipinski definition) is 0. The molecule has 0 radical (unpaired) electrons. The van der Waals surface area contributed by atoms with Crippen molar-refractivity contribution in [2.24, 2.45) is 0 Å². The van der Waals surface area contributed by atoms with Gasteiger partial charge in [0.25, 0.3) is 0 Å². The molecule has 0 N–H and O–H groups in total. The molecular formula is C8H14BO7P. The molecule has 17 heavy (non-hydrogen) atoms. The molecule has 9 heteroatoms. The van der Waals surface area contributed by atoms with E-state index in [0.717, 1.165) is 0 Å². The summed E-state index contributed by atoms with van der Waals surface area (Å²) in [5.74, 6) is -1.19. The average molecular weight is 264 g/mol. The first-order valence-electron chi connectivity index (χ1n) is 4.95. The summed E-state index contributed by atoms with van der Waals surface area (Å²) in [6.45, 7) is 3.38. The Hall–Kier alpha value is -0.845. The van der Waals surface area contributed by atoms with E-state index in [9.17, 15) is 14.3 Å². The van der Waals surface area contributed by atoms with E-state index in [0.29, 0.717) is 6.87 Å². The number of ether oxygens (including phenoxy) is 2. The van der Waals surface area contributed by atoms with Crippen molar-refractivity contribution in [2.45, 2.75) is 13.8 Å². The molecule has 0 saturated heterocycles. The summed E-state index contributed by atoms with van der Waals surface area (Å²) in [4.78, 5) is 21.8. The molecular weight excluding hydrogens is 250 g/mol. The summed E-state index contributed by atoms with van der Waals surface area (Å²) in [6.07, 6.45) is 0. The fraction of sp³-hybridized carbons (Fsp3) is 0.750. The fourth-order valence-electron chi connectivity index (χ4n) is 0.736. The number of carbonyl (C=O) groups is 2. The van der Waals surface area contributed by atoms with Crippen LogP contribution in [0.1, 0.15) is 13.8 Å². The van der Waals surface area contributed by atoms with Crippen molar-refractivity contribution in [3.63, 3.8) is 0 Å². The molecule has 0 aliphatic carbocycles. The van der Waals surface area contributed by atoms with Gasteiger partial charge in [-0.25, -0.2) is 0 Å². The van der Waals surface area contributed by atoms with Gasteiger partial charge < -0.3 is 0 Å². The molecule has 0 aliphatic rings. The van der Waals surface area contributed by atoms with Crippen LogP contribution in [-0.2, 0) is 32.8 Å². The van der Waals surface area contributed by atoms with E-state index < -0.39 is 20.2 Å². The average Bonchev–Trinajstić information content (AvgIpc) is 2.30. The molecule has 0 rings (SSSR count). The molecule has 0 aromatic rings. The van der Waals surface area contributed by atoms with Crippen LogP contribution >= 0.6 is 8.25 Å². The van der Waals surface area contributed by atoms with Gasteiger partial charge in [-0.3, -0.25) is 0 Å². The number of rotatable bonds is 9. The predicted octanol–water partition coefficient (Wildman–Crippen LogP) is 0.422. The van der Waals surface area contributed by atoms with E-state index in [-0.39, 0.29) is 26.4 Å². The van der Waals surface area contributed by atoms with Gasteiger partial charge in [-0.15, -0.1) is 0 Å². The number of esters is 2. The molecule has 0 atom stereocenters. The van der Waals surface area contributed by atoms with Crippen molar-refractivity contribution >= 4 is 27.1 Å². The normalized spacial score (nSPS) is 9.82. The third kappa shape index (κ3) is 8.91. The summed E-state index contributed by atoms with van der Waals surface area (Å²) in [6, 6.07) is 0. The predicted molar refractivity (Wildman–Crippen MR) is 58.5 cm³/mol. The van der Waals surface area contributed by atoms with Gasteiger partial charge in [-0.1, -0.05) is 0 Å². The maximum absolute atomic E-state index is 10.9. The molecule has 0 unspecified atom stereocenters. The molecule has 0 aliphatic heterocycles. The zero-order valence-electron chi connectivity index (χ0n) is 9.71. The van der Waals surface area contributed by atoms with Crippen molar-refractivity contribution in [1.82, 2.24) is 0 Å². The van der Waals surface area contributed by atoms with E-state index in [1.807, 2.05) is 0 Å². The van der Waals surface area contributed by atoms with Gasteiger partial charge in [0.2, 0.25) is 0 Å². The van der Waals surface area contributed by atoms with Crippen LogP contribution in [0.3, 0.4) is 0 Å². The topological polar surface area (TPSA) is 88.1 Å². The second-order valence-corrected chi connectivity index (χ2v) is 3.85. The Balaban J connectivity index is 3.80. The van der Waals surface area contributed by atoms with Crippen LogP contribution in [0.2, 0.25) is 0 Å². The molecule has 0 bridgehead atoms. The maximum atomic E-state index is 10.9. The Kier molecular flexibility index (Phi) is 9.81. The first kappa shape index (κ1) is 16.2. The quantitative estimate of drug-likeness (QED) is 0.338. The van der Waals surface area contributed by atoms with Gasteiger partial charge in [0.05, 0.1) is 0 Å². The van der Waals surface area contributed by atoms with Gasteiger partial charge in [0.15, 0.2) is 0 Å². The first-order valence-corrected chi connectivity index (χ1v) is 6.20. The third-order valence-electron chi connectivity index (χ3n) is 1.32. The zero-order chi connectivity index (χ0) is 13.1. The van der Waals surface area contributed by atoms with E-state index in [2.05, 4.69) is 9.47 Å². The minimum absolute atomic E-state index is 0.227. The van der Waals surface area contributed by atoms with Gasteiger partial charge in [-0.2, -0.15) is 0 Å². The van der Waals surface area contributed by atoms with Crippen molar-refractivity contribution in [2.75, 3.05) is 26.4 Å². The Morgan fingerprint density at radius 1 is 1.00 bits per heavy atom. The molecule has 0 fully saturated rings. The Morgan fingerprint density at radius 3 is 1.71 bits per heavy atom. The fourth-order valence-corrected chi connectivity index (χ4v) is 1.40. The minimum atomic E-state index is -1.93. The molecule has 0 saturated carbocycles. The second kappa shape index (κ2) is 10.3. The van der Waals surface area contributed by atoms with E-state index in [4.69, 9.17) is 9.05 Å². The van der Waals surface area contributed by atoms with Gasteiger partial charge in [0.1, 0.15) is 0 Å².